The first-order valence-electron chi connectivity index (χ1n) is 10.1. The second-order valence-corrected chi connectivity index (χ2v) is 7.76. The second-order valence-electron chi connectivity index (χ2n) is 7.76. The quantitative estimate of drug-likeness (QED) is 0.609. The molecule has 1 fully saturated rings. The lowest BCUT2D eigenvalue weighted by atomic mass is 9.79. The topological polar surface area (TPSA) is 54.0 Å². The number of Topliss-reactive ketones (excluding diaryl/α,β-unsaturated/α-hetero) is 1. The van der Waals surface area contributed by atoms with Crippen LogP contribution in [0.4, 0.5) is 0 Å². The van der Waals surface area contributed by atoms with Gasteiger partial charge in [-0.2, -0.15) is 0 Å². The maximum Gasteiger partial charge on any atom is 0.494 e. The van der Waals surface area contributed by atoms with Gasteiger partial charge in [0.25, 0.3) is 0 Å². The van der Waals surface area contributed by atoms with Gasteiger partial charge in [-0.05, 0) is 36.0 Å². The smallest absolute Gasteiger partial charge is 0.494 e. The standard InChI is InChI=1S/C23H29BO5/c1-16(2)21(27-15-18-10-12-20(26-4)13-11-18)14-22-23(17(3)25)29-24(28-22)19-8-6-5-7-9-19/h5-13,16,21-23H,14-15H2,1-4H3/t21-,22+,23+/m0/s1. The molecule has 0 amide bonds. The number of methoxy groups -OCH3 is 1. The van der Waals surface area contributed by atoms with Gasteiger partial charge >= 0.3 is 7.12 Å². The minimum Gasteiger partial charge on any atom is -0.497 e. The summed E-state index contributed by atoms with van der Waals surface area (Å²) in [6.07, 6.45) is -0.365. The first kappa shape index (κ1) is 21.6. The maximum atomic E-state index is 12.2. The molecular formula is C23H29BO5. The Morgan fingerprint density at radius 3 is 2.34 bits per heavy atom. The predicted octanol–water partition coefficient (Wildman–Crippen LogP) is 3.39. The molecule has 0 bridgehead atoms. The zero-order valence-corrected chi connectivity index (χ0v) is 17.5. The minimum absolute atomic E-state index is 0.0221. The zero-order chi connectivity index (χ0) is 20.8. The number of hydrogen-bond acceptors (Lipinski definition) is 5. The fraction of sp³-hybridized carbons (Fsp3) is 0.435. The molecule has 0 N–H and O–H groups in total. The van der Waals surface area contributed by atoms with Crippen LogP contribution in [-0.2, 0) is 25.4 Å². The highest BCUT2D eigenvalue weighted by atomic mass is 16.7. The summed E-state index contributed by atoms with van der Waals surface area (Å²) in [7, 11) is 1.13. The molecule has 0 saturated carbocycles. The Bertz CT molecular complexity index is 778. The Labute approximate surface area is 173 Å². The predicted molar refractivity (Wildman–Crippen MR) is 113 cm³/mol. The monoisotopic (exact) mass is 396 g/mol. The van der Waals surface area contributed by atoms with Gasteiger partial charge in [0.05, 0.1) is 25.9 Å². The van der Waals surface area contributed by atoms with Gasteiger partial charge in [0.15, 0.2) is 5.78 Å². The van der Waals surface area contributed by atoms with Crippen molar-refractivity contribution >= 4 is 18.4 Å². The Morgan fingerprint density at radius 2 is 1.76 bits per heavy atom. The highest BCUT2D eigenvalue weighted by molar-refractivity contribution is 6.62. The van der Waals surface area contributed by atoms with E-state index in [0.717, 1.165) is 16.8 Å². The van der Waals surface area contributed by atoms with Crippen LogP contribution in [0.2, 0.25) is 0 Å². The van der Waals surface area contributed by atoms with Crippen LogP contribution < -0.4 is 10.2 Å². The maximum absolute atomic E-state index is 12.2. The molecule has 6 heteroatoms. The molecule has 1 saturated heterocycles. The SMILES string of the molecule is COc1ccc(CO[C@@H](C[C@H]2OB(c3ccccc3)O[C@@H]2C(C)=O)C(C)C)cc1. The fourth-order valence-corrected chi connectivity index (χ4v) is 3.47. The summed E-state index contributed by atoms with van der Waals surface area (Å²) in [4.78, 5) is 12.2. The van der Waals surface area contributed by atoms with Crippen molar-refractivity contribution in [1.82, 2.24) is 0 Å². The van der Waals surface area contributed by atoms with E-state index in [1.807, 2.05) is 54.6 Å². The Balaban J connectivity index is 1.65. The summed E-state index contributed by atoms with van der Waals surface area (Å²) in [5.74, 6) is 1.08. The van der Waals surface area contributed by atoms with Gasteiger partial charge in [0, 0.05) is 6.42 Å². The van der Waals surface area contributed by atoms with E-state index < -0.39 is 13.2 Å². The summed E-state index contributed by atoms with van der Waals surface area (Å²) >= 11 is 0. The van der Waals surface area contributed by atoms with Gasteiger partial charge in [-0.1, -0.05) is 56.3 Å². The van der Waals surface area contributed by atoms with Crippen molar-refractivity contribution in [1.29, 1.82) is 0 Å². The Morgan fingerprint density at radius 1 is 1.07 bits per heavy atom. The molecule has 0 aromatic heterocycles. The minimum atomic E-state index is -0.578. The summed E-state index contributed by atoms with van der Waals surface area (Å²) in [5, 5.41) is 0. The number of rotatable bonds is 9. The summed E-state index contributed by atoms with van der Waals surface area (Å²) in [6, 6.07) is 17.6. The van der Waals surface area contributed by atoms with E-state index in [9.17, 15) is 4.79 Å². The highest BCUT2D eigenvalue weighted by Crippen LogP contribution is 2.26. The van der Waals surface area contributed by atoms with Crippen LogP contribution in [0.25, 0.3) is 0 Å². The number of ether oxygens (including phenoxy) is 2. The number of carbonyl (C=O) groups is 1. The van der Waals surface area contributed by atoms with E-state index in [2.05, 4.69) is 13.8 Å². The molecule has 1 aliphatic heterocycles. The normalized spacial score (nSPS) is 20.1. The van der Waals surface area contributed by atoms with E-state index in [0.29, 0.717) is 13.0 Å². The van der Waals surface area contributed by atoms with E-state index >= 15 is 0 Å². The number of benzene rings is 2. The number of ketones is 1. The largest absolute Gasteiger partial charge is 0.497 e. The molecule has 2 aromatic carbocycles. The molecule has 0 spiro atoms. The molecule has 1 heterocycles. The van der Waals surface area contributed by atoms with Crippen LogP contribution in [-0.4, -0.2) is 38.3 Å². The fourth-order valence-electron chi connectivity index (χ4n) is 3.47. The van der Waals surface area contributed by atoms with Crippen LogP contribution in [0, 0.1) is 5.92 Å². The van der Waals surface area contributed by atoms with Crippen molar-refractivity contribution < 1.29 is 23.6 Å². The summed E-state index contributed by atoms with van der Waals surface area (Å²) < 4.78 is 23.5. The number of hydrogen-bond donors (Lipinski definition) is 0. The van der Waals surface area contributed by atoms with Crippen molar-refractivity contribution in [2.75, 3.05) is 7.11 Å². The van der Waals surface area contributed by atoms with Crippen LogP contribution in [0.15, 0.2) is 54.6 Å². The van der Waals surface area contributed by atoms with Crippen molar-refractivity contribution in [3.8, 4) is 5.75 Å². The zero-order valence-electron chi connectivity index (χ0n) is 17.5. The van der Waals surface area contributed by atoms with E-state index in [4.69, 9.17) is 18.8 Å². The average Bonchev–Trinajstić information content (AvgIpc) is 3.16. The van der Waals surface area contributed by atoms with Crippen LogP contribution >= 0.6 is 0 Å². The molecule has 0 radical (unpaired) electrons. The molecule has 154 valence electrons. The lowest BCUT2D eigenvalue weighted by molar-refractivity contribution is -0.125. The molecule has 3 rings (SSSR count). The lowest BCUT2D eigenvalue weighted by Gasteiger charge is -2.26. The van der Waals surface area contributed by atoms with Gasteiger partial charge in [-0.3, -0.25) is 4.79 Å². The van der Waals surface area contributed by atoms with E-state index in [-0.39, 0.29) is 23.9 Å². The third-order valence-electron chi connectivity index (χ3n) is 5.21. The van der Waals surface area contributed by atoms with E-state index in [1.54, 1.807) is 14.0 Å². The van der Waals surface area contributed by atoms with Crippen LogP contribution in [0.5, 0.6) is 5.75 Å². The summed E-state index contributed by atoms with van der Waals surface area (Å²) in [5.41, 5.74) is 1.99. The van der Waals surface area contributed by atoms with Crippen molar-refractivity contribution in [2.24, 2.45) is 5.92 Å². The van der Waals surface area contributed by atoms with Crippen molar-refractivity contribution in [3.05, 3.63) is 60.2 Å². The van der Waals surface area contributed by atoms with Crippen LogP contribution in [0.1, 0.15) is 32.8 Å². The molecule has 0 aliphatic carbocycles. The highest BCUT2D eigenvalue weighted by Gasteiger charge is 2.44. The molecule has 1 aliphatic rings. The Kier molecular flexibility index (Phi) is 7.48. The molecular weight excluding hydrogens is 367 g/mol. The average molecular weight is 396 g/mol. The first-order chi connectivity index (χ1) is 14.0. The Hall–Kier alpha value is -2.15. The summed E-state index contributed by atoms with van der Waals surface area (Å²) in [6.45, 7) is 6.28. The molecule has 2 aromatic rings. The second kappa shape index (κ2) is 10.1. The van der Waals surface area contributed by atoms with Gasteiger partial charge in [-0.25, -0.2) is 0 Å². The number of carbonyl (C=O) groups excluding carboxylic acids is 1. The van der Waals surface area contributed by atoms with Crippen LogP contribution in [0.3, 0.4) is 0 Å². The third-order valence-corrected chi connectivity index (χ3v) is 5.21. The van der Waals surface area contributed by atoms with Gasteiger partial charge in [-0.15, -0.1) is 0 Å². The molecule has 3 atom stereocenters. The third kappa shape index (κ3) is 5.69. The van der Waals surface area contributed by atoms with E-state index in [1.165, 1.54) is 0 Å². The first-order valence-corrected chi connectivity index (χ1v) is 10.1. The van der Waals surface area contributed by atoms with Crippen molar-refractivity contribution in [2.45, 2.75) is 52.1 Å². The molecule has 5 nitrogen and oxygen atoms in total. The van der Waals surface area contributed by atoms with Crippen molar-refractivity contribution in [3.63, 3.8) is 0 Å². The molecule has 0 unspecified atom stereocenters. The van der Waals surface area contributed by atoms with Gasteiger partial charge in [0.1, 0.15) is 11.9 Å². The van der Waals surface area contributed by atoms with Gasteiger partial charge < -0.3 is 18.8 Å². The lowest BCUT2D eigenvalue weighted by Crippen LogP contribution is -2.35. The van der Waals surface area contributed by atoms with Gasteiger partial charge in [0.2, 0.25) is 0 Å². The molecule has 29 heavy (non-hydrogen) atoms.